The zero-order valence-corrected chi connectivity index (χ0v) is 14.7. The standard InChI is InChI=1S/C18H36O4/c1-3-5-7-8-10-15-22-18(19)12-11-14-21-17-16-20-13-9-6-4-2/h3-17H2,1-2H3. The van der Waals surface area contributed by atoms with Gasteiger partial charge in [-0.15, -0.1) is 0 Å². The molecule has 22 heavy (non-hydrogen) atoms. The molecule has 0 heterocycles. The zero-order chi connectivity index (χ0) is 16.3. The summed E-state index contributed by atoms with van der Waals surface area (Å²) in [5.74, 6) is -0.102. The van der Waals surface area contributed by atoms with Crippen LogP contribution in [0.15, 0.2) is 0 Å². The lowest BCUT2D eigenvalue weighted by atomic mass is 10.2. The van der Waals surface area contributed by atoms with Crippen molar-refractivity contribution in [2.45, 2.75) is 78.1 Å². The van der Waals surface area contributed by atoms with Gasteiger partial charge in [-0.2, -0.15) is 0 Å². The van der Waals surface area contributed by atoms with Crippen LogP contribution in [-0.2, 0) is 19.0 Å². The van der Waals surface area contributed by atoms with Crippen LogP contribution in [0.1, 0.15) is 78.1 Å². The van der Waals surface area contributed by atoms with Gasteiger partial charge in [0.2, 0.25) is 0 Å². The molecule has 132 valence electrons. The Kier molecular flexibility index (Phi) is 17.9. The molecule has 0 N–H and O–H groups in total. The summed E-state index contributed by atoms with van der Waals surface area (Å²) in [6.45, 7) is 7.62. The van der Waals surface area contributed by atoms with Gasteiger partial charge in [-0.3, -0.25) is 4.79 Å². The highest BCUT2D eigenvalue weighted by Crippen LogP contribution is 2.03. The molecule has 0 aliphatic heterocycles. The summed E-state index contributed by atoms with van der Waals surface area (Å²) in [7, 11) is 0. The van der Waals surface area contributed by atoms with Crippen molar-refractivity contribution in [2.75, 3.05) is 33.0 Å². The molecule has 0 saturated carbocycles. The van der Waals surface area contributed by atoms with Gasteiger partial charge in [-0.1, -0.05) is 52.4 Å². The molecule has 4 nitrogen and oxygen atoms in total. The van der Waals surface area contributed by atoms with Gasteiger partial charge < -0.3 is 14.2 Å². The molecule has 0 aliphatic carbocycles. The first-order valence-electron chi connectivity index (χ1n) is 9.12. The Morgan fingerprint density at radius 1 is 0.636 bits per heavy atom. The third-order valence-corrected chi connectivity index (χ3v) is 3.44. The van der Waals surface area contributed by atoms with E-state index in [1.807, 2.05) is 0 Å². The van der Waals surface area contributed by atoms with Crippen molar-refractivity contribution in [3.05, 3.63) is 0 Å². The van der Waals surface area contributed by atoms with Gasteiger partial charge in [0.1, 0.15) is 0 Å². The van der Waals surface area contributed by atoms with E-state index in [9.17, 15) is 4.79 Å². The quantitative estimate of drug-likeness (QED) is 0.293. The highest BCUT2D eigenvalue weighted by atomic mass is 16.5. The van der Waals surface area contributed by atoms with Crippen LogP contribution in [0.2, 0.25) is 0 Å². The Bertz CT molecular complexity index is 231. The molecule has 4 heteroatoms. The van der Waals surface area contributed by atoms with E-state index in [1.165, 1.54) is 32.1 Å². The second-order valence-corrected chi connectivity index (χ2v) is 5.67. The molecule has 0 radical (unpaired) electrons. The third kappa shape index (κ3) is 17.4. The molecule has 0 aliphatic rings. The largest absolute Gasteiger partial charge is 0.466 e. The summed E-state index contributed by atoms with van der Waals surface area (Å²) < 4.78 is 16.1. The third-order valence-electron chi connectivity index (χ3n) is 3.44. The first-order valence-corrected chi connectivity index (χ1v) is 9.12. The topological polar surface area (TPSA) is 44.8 Å². The number of rotatable bonds is 17. The highest BCUT2D eigenvalue weighted by Gasteiger charge is 2.02. The van der Waals surface area contributed by atoms with E-state index < -0.39 is 0 Å². The monoisotopic (exact) mass is 316 g/mol. The van der Waals surface area contributed by atoms with Gasteiger partial charge in [0, 0.05) is 19.6 Å². The van der Waals surface area contributed by atoms with E-state index in [0.29, 0.717) is 32.8 Å². The maximum atomic E-state index is 11.5. The molecule has 0 rings (SSSR count). The van der Waals surface area contributed by atoms with Crippen molar-refractivity contribution < 1.29 is 19.0 Å². The first kappa shape index (κ1) is 21.4. The minimum absolute atomic E-state index is 0.102. The Hall–Kier alpha value is -0.610. The van der Waals surface area contributed by atoms with Crippen LogP contribution >= 0.6 is 0 Å². The number of carbonyl (C=O) groups excluding carboxylic acids is 1. The molecule has 0 unspecified atom stereocenters. The minimum Gasteiger partial charge on any atom is -0.466 e. The zero-order valence-electron chi connectivity index (χ0n) is 14.7. The first-order chi connectivity index (χ1) is 10.8. The Labute approximate surface area is 136 Å². The molecule has 0 spiro atoms. The molecule has 0 aromatic heterocycles. The summed E-state index contributed by atoms with van der Waals surface area (Å²) in [4.78, 5) is 11.5. The van der Waals surface area contributed by atoms with Crippen molar-refractivity contribution in [3.63, 3.8) is 0 Å². The van der Waals surface area contributed by atoms with Crippen molar-refractivity contribution in [3.8, 4) is 0 Å². The van der Waals surface area contributed by atoms with Gasteiger partial charge in [-0.05, 0) is 19.3 Å². The van der Waals surface area contributed by atoms with Crippen LogP contribution in [0.4, 0.5) is 0 Å². The fourth-order valence-corrected chi connectivity index (χ4v) is 2.06. The van der Waals surface area contributed by atoms with Crippen LogP contribution in [0.25, 0.3) is 0 Å². The van der Waals surface area contributed by atoms with E-state index in [0.717, 1.165) is 32.3 Å². The molecule has 0 atom stereocenters. The maximum Gasteiger partial charge on any atom is 0.305 e. The highest BCUT2D eigenvalue weighted by molar-refractivity contribution is 5.69. The second kappa shape index (κ2) is 18.4. The van der Waals surface area contributed by atoms with E-state index in [-0.39, 0.29) is 5.97 Å². The average molecular weight is 316 g/mol. The van der Waals surface area contributed by atoms with Gasteiger partial charge in [0.15, 0.2) is 0 Å². The van der Waals surface area contributed by atoms with E-state index >= 15 is 0 Å². The van der Waals surface area contributed by atoms with Crippen LogP contribution in [0.5, 0.6) is 0 Å². The number of hydrogen-bond donors (Lipinski definition) is 0. The minimum atomic E-state index is -0.102. The SMILES string of the molecule is CCCCCCCOC(=O)CCCOCCOCCCCC. The predicted molar refractivity (Wildman–Crippen MR) is 90.1 cm³/mol. The lowest BCUT2D eigenvalue weighted by Crippen LogP contribution is -2.09. The molecular weight excluding hydrogens is 280 g/mol. The lowest BCUT2D eigenvalue weighted by molar-refractivity contribution is -0.144. The molecular formula is C18H36O4. The molecule has 0 saturated heterocycles. The van der Waals surface area contributed by atoms with Crippen LogP contribution in [-0.4, -0.2) is 39.0 Å². The lowest BCUT2D eigenvalue weighted by Gasteiger charge is -2.06. The molecule has 0 fully saturated rings. The number of esters is 1. The van der Waals surface area contributed by atoms with Gasteiger partial charge >= 0.3 is 5.97 Å². The predicted octanol–water partition coefficient (Wildman–Crippen LogP) is 4.50. The van der Waals surface area contributed by atoms with Crippen molar-refractivity contribution in [1.29, 1.82) is 0 Å². The van der Waals surface area contributed by atoms with Crippen molar-refractivity contribution >= 4 is 5.97 Å². The smallest absolute Gasteiger partial charge is 0.305 e. The summed E-state index contributed by atoms with van der Waals surface area (Å²) in [5, 5.41) is 0. The number of carbonyl (C=O) groups is 1. The van der Waals surface area contributed by atoms with Crippen LogP contribution in [0, 0.1) is 0 Å². The number of hydrogen-bond acceptors (Lipinski definition) is 4. The molecule has 0 aromatic carbocycles. The number of ether oxygens (including phenoxy) is 3. The normalized spacial score (nSPS) is 10.8. The fraction of sp³-hybridized carbons (Fsp3) is 0.944. The van der Waals surface area contributed by atoms with Crippen LogP contribution < -0.4 is 0 Å². The van der Waals surface area contributed by atoms with E-state index in [4.69, 9.17) is 14.2 Å². The summed E-state index contributed by atoms with van der Waals surface area (Å²) in [6, 6.07) is 0. The summed E-state index contributed by atoms with van der Waals surface area (Å²) >= 11 is 0. The summed E-state index contributed by atoms with van der Waals surface area (Å²) in [5.41, 5.74) is 0. The Morgan fingerprint density at radius 3 is 1.86 bits per heavy atom. The van der Waals surface area contributed by atoms with Crippen molar-refractivity contribution in [2.24, 2.45) is 0 Å². The fourth-order valence-electron chi connectivity index (χ4n) is 2.06. The molecule has 0 bridgehead atoms. The number of unbranched alkanes of at least 4 members (excludes halogenated alkanes) is 6. The summed E-state index contributed by atoms with van der Waals surface area (Å²) in [6.07, 6.45) is 10.6. The maximum absolute atomic E-state index is 11.5. The van der Waals surface area contributed by atoms with E-state index in [2.05, 4.69) is 13.8 Å². The average Bonchev–Trinajstić information content (AvgIpc) is 2.52. The Morgan fingerprint density at radius 2 is 1.18 bits per heavy atom. The molecule has 0 amide bonds. The van der Waals surface area contributed by atoms with Crippen molar-refractivity contribution in [1.82, 2.24) is 0 Å². The van der Waals surface area contributed by atoms with Gasteiger partial charge in [0.05, 0.1) is 19.8 Å². The molecule has 0 aromatic rings. The van der Waals surface area contributed by atoms with Gasteiger partial charge in [0.25, 0.3) is 0 Å². The van der Waals surface area contributed by atoms with Gasteiger partial charge in [-0.25, -0.2) is 0 Å². The van der Waals surface area contributed by atoms with Crippen LogP contribution in [0.3, 0.4) is 0 Å². The Balaban J connectivity index is 3.12. The van der Waals surface area contributed by atoms with E-state index in [1.54, 1.807) is 0 Å². The second-order valence-electron chi connectivity index (χ2n) is 5.67.